The number of aromatic nitrogens is 1. The van der Waals surface area contributed by atoms with Gasteiger partial charge in [-0.25, -0.2) is 9.90 Å². The van der Waals surface area contributed by atoms with E-state index in [2.05, 4.69) is 16.0 Å². The zero-order chi connectivity index (χ0) is 17.6. The van der Waals surface area contributed by atoms with Gasteiger partial charge in [-0.2, -0.15) is 0 Å². The number of ether oxygens (including phenoxy) is 1. The van der Waals surface area contributed by atoms with Crippen LogP contribution in [0.2, 0.25) is 0 Å². The maximum atomic E-state index is 11.7. The molecule has 0 spiro atoms. The predicted octanol–water partition coefficient (Wildman–Crippen LogP) is 3.20. The van der Waals surface area contributed by atoms with Gasteiger partial charge < -0.3 is 9.72 Å². The maximum Gasteiger partial charge on any atom is 0.337 e. The van der Waals surface area contributed by atoms with Crippen molar-refractivity contribution in [2.45, 2.75) is 19.3 Å². The van der Waals surface area contributed by atoms with E-state index in [1.165, 1.54) is 12.7 Å². The molecule has 1 aromatic carbocycles. The zero-order valence-electron chi connectivity index (χ0n) is 14.7. The van der Waals surface area contributed by atoms with E-state index in [4.69, 9.17) is 4.74 Å². The number of benzene rings is 1. The minimum absolute atomic E-state index is 0.0229. The van der Waals surface area contributed by atoms with E-state index in [0.29, 0.717) is 5.56 Å². The monoisotopic (exact) mass is 341 g/mol. The van der Waals surface area contributed by atoms with Gasteiger partial charge in [0.15, 0.2) is 0 Å². The van der Waals surface area contributed by atoms with Crippen LogP contribution in [0, 0.1) is 5.92 Å². The molecule has 0 fully saturated rings. The third-order valence-corrected chi connectivity index (χ3v) is 4.84. The number of fused-ring (bicyclic) bond motifs is 1. The van der Waals surface area contributed by atoms with Gasteiger partial charge in [0.2, 0.25) is 0 Å². The second kappa shape index (κ2) is 8.32. The number of carbonyl (C=O) groups is 1. The van der Waals surface area contributed by atoms with Crippen molar-refractivity contribution in [3.05, 3.63) is 47.7 Å². The van der Waals surface area contributed by atoms with E-state index >= 15 is 0 Å². The van der Waals surface area contributed by atoms with Crippen LogP contribution in [0.5, 0.6) is 0 Å². The van der Waals surface area contributed by atoms with Crippen LogP contribution < -0.4 is 0 Å². The molecule has 1 aromatic heterocycles. The van der Waals surface area contributed by atoms with Crippen molar-refractivity contribution in [2.75, 3.05) is 33.4 Å². The molecule has 1 atom stereocenters. The van der Waals surface area contributed by atoms with Crippen LogP contribution in [-0.4, -0.2) is 49.2 Å². The molecule has 0 saturated heterocycles. The Bertz CT molecular complexity index is 750. The summed E-state index contributed by atoms with van der Waals surface area (Å²) < 4.78 is 4.80. The minimum atomic E-state index is -0.305. The van der Waals surface area contributed by atoms with E-state index < -0.39 is 0 Å². The van der Waals surface area contributed by atoms with Crippen LogP contribution >= 0.6 is 0 Å². The van der Waals surface area contributed by atoms with Gasteiger partial charge in [0.25, 0.3) is 0 Å². The Morgan fingerprint density at radius 1 is 1.36 bits per heavy atom. The first-order valence-electron chi connectivity index (χ1n) is 8.86. The Morgan fingerprint density at radius 3 is 3.04 bits per heavy atom. The molecule has 2 aromatic rings. The molecule has 1 unspecified atom stereocenters. The first-order chi connectivity index (χ1) is 12.2. The largest absolute Gasteiger partial charge is 0.465 e. The lowest BCUT2D eigenvalue weighted by Crippen LogP contribution is -2.34. The number of carbonyl (C=O) groups excluding carboxylic acids is 1. The van der Waals surface area contributed by atoms with E-state index in [1.807, 2.05) is 24.4 Å². The van der Waals surface area contributed by atoms with Crippen LogP contribution in [-0.2, 0) is 16.3 Å². The highest BCUT2D eigenvalue weighted by Crippen LogP contribution is 2.22. The van der Waals surface area contributed by atoms with E-state index in [9.17, 15) is 9.90 Å². The minimum Gasteiger partial charge on any atom is -0.465 e. The molecule has 2 heterocycles. The van der Waals surface area contributed by atoms with Gasteiger partial charge in [0.05, 0.1) is 19.3 Å². The first-order valence-corrected chi connectivity index (χ1v) is 8.86. The standard InChI is InChI=1S/C20H25N2O3/c1-25-20(24)16-7-8-19-18(11-16)17(12-21-19)6-2-3-9-22-10-4-5-15(13-22)14-23/h4-5,7-8,11-12,15,21H,2-3,6,9-10,13-14H2,1H3. The Balaban J connectivity index is 1.54. The molecule has 1 aliphatic heterocycles. The van der Waals surface area contributed by atoms with Crippen LogP contribution in [0.15, 0.2) is 36.5 Å². The number of methoxy groups -OCH3 is 1. The summed E-state index contributed by atoms with van der Waals surface area (Å²) in [4.78, 5) is 17.3. The van der Waals surface area contributed by atoms with Gasteiger partial charge in [0.1, 0.15) is 0 Å². The number of rotatable bonds is 7. The Labute approximate surface area is 148 Å². The number of nitrogens with one attached hydrogen (secondary N) is 1. The van der Waals surface area contributed by atoms with Crippen LogP contribution in [0.3, 0.4) is 0 Å². The molecular formula is C20H25N2O3. The molecule has 5 heteroatoms. The normalized spacial score (nSPS) is 17.9. The molecule has 0 bridgehead atoms. The van der Waals surface area contributed by atoms with E-state index in [-0.39, 0.29) is 18.5 Å². The summed E-state index contributed by atoms with van der Waals surface area (Å²) in [6.07, 6.45) is 9.34. The van der Waals surface area contributed by atoms with Gasteiger partial charge in [-0.05, 0) is 49.6 Å². The average molecular weight is 341 g/mol. The summed E-state index contributed by atoms with van der Waals surface area (Å²) >= 11 is 0. The molecule has 0 amide bonds. The molecule has 0 saturated carbocycles. The Hall–Kier alpha value is -2.11. The highest BCUT2D eigenvalue weighted by Gasteiger charge is 2.15. The molecule has 3 rings (SSSR count). The number of unbranched alkanes of at least 4 members (excludes halogenated alkanes) is 1. The molecule has 133 valence electrons. The Morgan fingerprint density at radius 2 is 2.24 bits per heavy atom. The van der Waals surface area contributed by atoms with Gasteiger partial charge in [-0.15, -0.1) is 0 Å². The lowest BCUT2D eigenvalue weighted by atomic mass is 10.0. The number of aromatic amines is 1. The lowest BCUT2D eigenvalue weighted by Gasteiger charge is -2.27. The van der Waals surface area contributed by atoms with Crippen LogP contribution in [0.4, 0.5) is 0 Å². The summed E-state index contributed by atoms with van der Waals surface area (Å²) in [6.45, 7) is 2.84. The van der Waals surface area contributed by atoms with Gasteiger partial charge in [0, 0.05) is 36.1 Å². The van der Waals surface area contributed by atoms with Crippen LogP contribution in [0.1, 0.15) is 28.8 Å². The predicted molar refractivity (Wildman–Crippen MR) is 97.2 cm³/mol. The summed E-state index contributed by atoms with van der Waals surface area (Å²) in [7, 11) is 1.40. The topological polar surface area (TPSA) is 65.2 Å². The quantitative estimate of drug-likeness (QED) is 0.478. The van der Waals surface area contributed by atoms with Crippen molar-refractivity contribution < 1.29 is 14.6 Å². The third-order valence-electron chi connectivity index (χ3n) is 4.84. The highest BCUT2D eigenvalue weighted by molar-refractivity contribution is 5.95. The number of hydrogen-bond donors (Lipinski definition) is 1. The molecule has 0 aliphatic carbocycles. The smallest absolute Gasteiger partial charge is 0.337 e. The fourth-order valence-electron chi connectivity index (χ4n) is 3.44. The summed E-state index contributed by atoms with van der Waals surface area (Å²) in [5, 5.41) is 12.1. The number of H-pyrrole nitrogens is 1. The highest BCUT2D eigenvalue weighted by atomic mass is 16.5. The molecule has 25 heavy (non-hydrogen) atoms. The third kappa shape index (κ3) is 4.30. The number of esters is 1. The molecular weight excluding hydrogens is 316 g/mol. The molecule has 1 radical (unpaired) electrons. The molecule has 1 aliphatic rings. The fourth-order valence-corrected chi connectivity index (χ4v) is 3.44. The van der Waals surface area contributed by atoms with Crippen molar-refractivity contribution >= 4 is 16.9 Å². The van der Waals surface area contributed by atoms with Crippen molar-refractivity contribution in [1.82, 2.24) is 9.88 Å². The van der Waals surface area contributed by atoms with Gasteiger partial charge in [-0.1, -0.05) is 12.2 Å². The number of nitrogens with zero attached hydrogens (tertiary/aromatic N) is 1. The second-order valence-corrected chi connectivity index (χ2v) is 6.64. The SMILES string of the molecule is COC(=O)c1ccc2[nH]cc(CCCCN3CC=CC(C[O])C3)c2c1. The zero-order valence-corrected chi connectivity index (χ0v) is 14.7. The van der Waals surface area contributed by atoms with E-state index in [1.54, 1.807) is 6.07 Å². The first kappa shape index (κ1) is 17.7. The Kier molecular flexibility index (Phi) is 5.89. The van der Waals surface area contributed by atoms with E-state index in [0.717, 1.165) is 49.8 Å². The fraction of sp³-hybridized carbons (Fsp3) is 0.450. The van der Waals surface area contributed by atoms with Crippen molar-refractivity contribution in [3.8, 4) is 0 Å². The van der Waals surface area contributed by atoms with Crippen LogP contribution in [0.25, 0.3) is 10.9 Å². The summed E-state index contributed by atoms with van der Waals surface area (Å²) in [5.74, 6) is -0.140. The second-order valence-electron chi connectivity index (χ2n) is 6.64. The number of aryl methyl sites for hydroxylation is 1. The van der Waals surface area contributed by atoms with Crippen molar-refractivity contribution in [1.29, 1.82) is 0 Å². The van der Waals surface area contributed by atoms with Crippen molar-refractivity contribution in [2.24, 2.45) is 5.92 Å². The molecule has 5 nitrogen and oxygen atoms in total. The summed E-state index contributed by atoms with van der Waals surface area (Å²) in [5.41, 5.74) is 2.86. The van der Waals surface area contributed by atoms with Gasteiger partial charge >= 0.3 is 5.97 Å². The summed E-state index contributed by atoms with van der Waals surface area (Å²) in [6, 6.07) is 5.61. The molecule has 1 N–H and O–H groups in total. The number of hydrogen-bond acceptors (Lipinski definition) is 3. The lowest BCUT2D eigenvalue weighted by molar-refractivity contribution is 0.0601. The average Bonchev–Trinajstić information content (AvgIpc) is 3.07. The van der Waals surface area contributed by atoms with Gasteiger partial charge in [-0.3, -0.25) is 4.90 Å². The maximum absolute atomic E-state index is 11.7. The van der Waals surface area contributed by atoms with Crippen molar-refractivity contribution in [3.63, 3.8) is 0 Å².